The van der Waals surface area contributed by atoms with Crippen molar-refractivity contribution in [2.45, 2.75) is 58.2 Å². The Morgan fingerprint density at radius 2 is 2.00 bits per heavy atom. The highest BCUT2D eigenvalue weighted by molar-refractivity contribution is 5.81. The predicted molar refractivity (Wildman–Crippen MR) is 84.8 cm³/mol. The average molecular weight is 286 g/mol. The van der Waals surface area contributed by atoms with E-state index >= 15 is 0 Å². The van der Waals surface area contributed by atoms with Crippen LogP contribution >= 0.6 is 0 Å². The van der Waals surface area contributed by atoms with Crippen molar-refractivity contribution in [3.05, 3.63) is 35.4 Å². The van der Waals surface area contributed by atoms with E-state index in [1.165, 1.54) is 43.2 Å². The summed E-state index contributed by atoms with van der Waals surface area (Å²) in [6.45, 7) is 4.81. The summed E-state index contributed by atoms with van der Waals surface area (Å²) in [5.74, 6) is 0.912. The molecule has 2 atom stereocenters. The SMILES string of the molecule is Cc1cccc(C2NCC(=O)N2C(C)C2CCCCC2)c1. The second kappa shape index (κ2) is 6.18. The van der Waals surface area contributed by atoms with E-state index in [2.05, 4.69) is 48.3 Å². The van der Waals surface area contributed by atoms with Gasteiger partial charge in [-0.3, -0.25) is 10.1 Å². The van der Waals surface area contributed by atoms with Gasteiger partial charge in [-0.2, -0.15) is 0 Å². The summed E-state index contributed by atoms with van der Waals surface area (Å²) in [6, 6.07) is 8.84. The summed E-state index contributed by atoms with van der Waals surface area (Å²) in [5.41, 5.74) is 2.46. The molecule has 1 amide bonds. The first kappa shape index (κ1) is 14.6. The van der Waals surface area contributed by atoms with Crippen LogP contribution in [0.1, 0.15) is 56.3 Å². The lowest BCUT2D eigenvalue weighted by Gasteiger charge is -2.37. The molecule has 2 aliphatic rings. The van der Waals surface area contributed by atoms with Crippen molar-refractivity contribution in [1.29, 1.82) is 0 Å². The zero-order chi connectivity index (χ0) is 14.8. The van der Waals surface area contributed by atoms with E-state index in [-0.39, 0.29) is 12.1 Å². The lowest BCUT2D eigenvalue weighted by Crippen LogP contribution is -2.42. The molecule has 3 nitrogen and oxygen atoms in total. The molecule has 1 saturated heterocycles. The smallest absolute Gasteiger partial charge is 0.238 e. The van der Waals surface area contributed by atoms with Crippen molar-refractivity contribution in [3.8, 4) is 0 Å². The molecule has 1 aromatic rings. The van der Waals surface area contributed by atoms with Crippen LogP contribution in [0, 0.1) is 12.8 Å². The van der Waals surface area contributed by atoms with Gasteiger partial charge in [0.2, 0.25) is 5.91 Å². The molecule has 3 rings (SSSR count). The second-order valence-electron chi connectivity index (χ2n) is 6.64. The van der Waals surface area contributed by atoms with Crippen LogP contribution < -0.4 is 5.32 Å². The fraction of sp³-hybridized carbons (Fsp3) is 0.611. The fourth-order valence-electron chi connectivity index (χ4n) is 3.94. The maximum absolute atomic E-state index is 12.4. The molecule has 1 aromatic carbocycles. The van der Waals surface area contributed by atoms with Gasteiger partial charge in [0.25, 0.3) is 0 Å². The van der Waals surface area contributed by atoms with Gasteiger partial charge >= 0.3 is 0 Å². The number of benzene rings is 1. The number of aryl methyl sites for hydroxylation is 1. The average Bonchev–Trinajstić information content (AvgIpc) is 2.89. The summed E-state index contributed by atoms with van der Waals surface area (Å²) in [5, 5.41) is 3.40. The van der Waals surface area contributed by atoms with Crippen molar-refractivity contribution in [1.82, 2.24) is 10.2 Å². The molecule has 1 saturated carbocycles. The number of nitrogens with one attached hydrogen (secondary N) is 1. The first-order valence-corrected chi connectivity index (χ1v) is 8.28. The van der Waals surface area contributed by atoms with Crippen LogP contribution in [0.5, 0.6) is 0 Å². The Kier molecular flexibility index (Phi) is 4.29. The Bertz CT molecular complexity index is 508. The van der Waals surface area contributed by atoms with Crippen LogP contribution in [0.4, 0.5) is 0 Å². The Morgan fingerprint density at radius 1 is 1.24 bits per heavy atom. The maximum atomic E-state index is 12.4. The highest BCUT2D eigenvalue weighted by atomic mass is 16.2. The molecule has 2 unspecified atom stereocenters. The van der Waals surface area contributed by atoms with Gasteiger partial charge in [-0.1, -0.05) is 49.1 Å². The number of amides is 1. The van der Waals surface area contributed by atoms with Gasteiger partial charge in [-0.25, -0.2) is 0 Å². The van der Waals surface area contributed by atoms with Crippen LogP contribution in [0.3, 0.4) is 0 Å². The number of rotatable bonds is 3. The molecule has 0 spiro atoms. The molecule has 114 valence electrons. The third-order valence-corrected chi connectivity index (χ3v) is 5.14. The minimum atomic E-state index is 0.0503. The molecule has 1 heterocycles. The van der Waals surface area contributed by atoms with E-state index in [4.69, 9.17) is 0 Å². The van der Waals surface area contributed by atoms with Gasteiger partial charge < -0.3 is 4.90 Å². The third kappa shape index (κ3) is 2.98. The molecular formula is C18H26N2O. The summed E-state index contributed by atoms with van der Waals surface area (Å²) >= 11 is 0. The standard InChI is InChI=1S/C18H26N2O/c1-13-7-6-10-16(11-13)18-19-12-17(21)20(18)14(2)15-8-4-3-5-9-15/h6-7,10-11,14-15,18-19H,3-5,8-9,12H2,1-2H3. The monoisotopic (exact) mass is 286 g/mol. The van der Waals surface area contributed by atoms with Crippen LogP contribution in [-0.2, 0) is 4.79 Å². The Morgan fingerprint density at radius 3 is 2.71 bits per heavy atom. The molecule has 0 radical (unpaired) electrons. The fourth-order valence-corrected chi connectivity index (χ4v) is 3.94. The molecular weight excluding hydrogens is 260 g/mol. The molecule has 21 heavy (non-hydrogen) atoms. The van der Waals surface area contributed by atoms with Gasteiger partial charge in [-0.05, 0) is 38.2 Å². The molecule has 0 aromatic heterocycles. The third-order valence-electron chi connectivity index (χ3n) is 5.14. The van der Waals surface area contributed by atoms with Gasteiger partial charge in [0, 0.05) is 6.04 Å². The molecule has 0 bridgehead atoms. The normalized spacial score (nSPS) is 25.3. The quantitative estimate of drug-likeness (QED) is 0.923. The number of nitrogens with zero attached hydrogens (tertiary/aromatic N) is 1. The van der Waals surface area contributed by atoms with Gasteiger partial charge in [0.15, 0.2) is 0 Å². The zero-order valence-corrected chi connectivity index (χ0v) is 13.1. The van der Waals surface area contributed by atoms with Gasteiger partial charge in [-0.15, -0.1) is 0 Å². The number of hydrogen-bond donors (Lipinski definition) is 1. The van der Waals surface area contributed by atoms with E-state index in [0.717, 1.165) is 0 Å². The number of carbonyl (C=O) groups excluding carboxylic acids is 1. The van der Waals surface area contributed by atoms with E-state index in [0.29, 0.717) is 18.5 Å². The summed E-state index contributed by atoms with van der Waals surface area (Å²) in [7, 11) is 0. The molecule has 1 aliphatic carbocycles. The van der Waals surface area contributed by atoms with Crippen LogP contribution in [0.15, 0.2) is 24.3 Å². The minimum Gasteiger partial charge on any atom is -0.319 e. The van der Waals surface area contributed by atoms with Crippen LogP contribution in [-0.4, -0.2) is 23.4 Å². The van der Waals surface area contributed by atoms with E-state index < -0.39 is 0 Å². The molecule has 1 aliphatic heterocycles. The second-order valence-corrected chi connectivity index (χ2v) is 6.64. The predicted octanol–water partition coefficient (Wildman–Crippen LogP) is 3.39. The summed E-state index contributed by atoms with van der Waals surface area (Å²) < 4.78 is 0. The zero-order valence-electron chi connectivity index (χ0n) is 13.1. The summed E-state index contributed by atoms with van der Waals surface area (Å²) in [6.07, 6.45) is 6.58. The van der Waals surface area contributed by atoms with Crippen molar-refractivity contribution >= 4 is 5.91 Å². The molecule has 3 heteroatoms. The van der Waals surface area contributed by atoms with Crippen LogP contribution in [0.2, 0.25) is 0 Å². The maximum Gasteiger partial charge on any atom is 0.238 e. The largest absolute Gasteiger partial charge is 0.319 e. The first-order chi connectivity index (χ1) is 10.2. The van der Waals surface area contributed by atoms with Gasteiger partial charge in [0.1, 0.15) is 6.17 Å². The Balaban J connectivity index is 1.81. The van der Waals surface area contributed by atoms with Gasteiger partial charge in [0.05, 0.1) is 6.54 Å². The van der Waals surface area contributed by atoms with Crippen molar-refractivity contribution in [2.24, 2.45) is 5.92 Å². The highest BCUT2D eigenvalue weighted by Crippen LogP contribution is 2.34. The van der Waals surface area contributed by atoms with Crippen molar-refractivity contribution < 1.29 is 4.79 Å². The number of carbonyl (C=O) groups is 1. The van der Waals surface area contributed by atoms with Crippen molar-refractivity contribution in [2.75, 3.05) is 6.54 Å². The molecule has 1 N–H and O–H groups in total. The summed E-state index contributed by atoms with van der Waals surface area (Å²) in [4.78, 5) is 14.5. The Hall–Kier alpha value is -1.35. The molecule has 2 fully saturated rings. The lowest BCUT2D eigenvalue weighted by atomic mass is 9.83. The minimum absolute atomic E-state index is 0.0503. The first-order valence-electron chi connectivity index (χ1n) is 8.28. The highest BCUT2D eigenvalue weighted by Gasteiger charge is 2.38. The van der Waals surface area contributed by atoms with E-state index in [1.807, 2.05) is 0 Å². The lowest BCUT2D eigenvalue weighted by molar-refractivity contribution is -0.131. The number of hydrogen-bond acceptors (Lipinski definition) is 2. The van der Waals surface area contributed by atoms with E-state index in [9.17, 15) is 4.79 Å². The van der Waals surface area contributed by atoms with E-state index in [1.54, 1.807) is 0 Å². The topological polar surface area (TPSA) is 32.3 Å². The Labute approximate surface area is 127 Å². The van der Waals surface area contributed by atoms with Crippen molar-refractivity contribution in [3.63, 3.8) is 0 Å². The van der Waals surface area contributed by atoms with Crippen LogP contribution in [0.25, 0.3) is 0 Å².